The number of aromatic hydroxyl groups is 3. The van der Waals surface area contributed by atoms with E-state index in [1.54, 1.807) is 16.5 Å². The third-order valence-corrected chi connectivity index (χ3v) is 11.0. The molecule has 0 amide bonds. The summed E-state index contributed by atoms with van der Waals surface area (Å²) in [6, 6.07) is 35.6. The van der Waals surface area contributed by atoms with Crippen molar-refractivity contribution in [2.24, 2.45) is 0 Å². The molecule has 56 heavy (non-hydrogen) atoms. The van der Waals surface area contributed by atoms with Crippen molar-refractivity contribution >= 4 is 11.3 Å². The van der Waals surface area contributed by atoms with E-state index in [4.69, 9.17) is 19.9 Å². The molecule has 4 aromatic heterocycles. The average molecular weight is 741 g/mol. The summed E-state index contributed by atoms with van der Waals surface area (Å²) in [7, 11) is 0. The van der Waals surface area contributed by atoms with Gasteiger partial charge in [-0.3, -0.25) is 8.80 Å². The van der Waals surface area contributed by atoms with Crippen LogP contribution >= 0.6 is 0 Å². The number of aryl methyl sites for hydroxylation is 1. The lowest BCUT2D eigenvalue weighted by Gasteiger charge is -2.12. The van der Waals surface area contributed by atoms with Crippen LogP contribution in [-0.2, 0) is 12.8 Å². The van der Waals surface area contributed by atoms with Crippen molar-refractivity contribution in [3.05, 3.63) is 161 Å². The van der Waals surface area contributed by atoms with Gasteiger partial charge in [-0.25, -0.2) is 19.9 Å². The fraction of sp³-hybridized carbons (Fsp3) is 0.234. The minimum atomic E-state index is 0.152. The lowest BCUT2D eigenvalue weighted by Crippen LogP contribution is -2.03. The second kappa shape index (κ2) is 15.0. The average Bonchev–Trinajstić information content (AvgIpc) is 3.71. The summed E-state index contributed by atoms with van der Waals surface area (Å²) in [6.45, 7) is 2.08. The Balaban J connectivity index is 0.000000147. The van der Waals surface area contributed by atoms with Gasteiger partial charge in [0, 0.05) is 48.2 Å². The van der Waals surface area contributed by atoms with E-state index >= 15 is 0 Å². The standard InChI is InChI=1S/C25H25N3O.C22H19N3O2/c1-17-11-13-18(14-12-17)15-21-25(29)28-16-22(19-7-3-2-4-8-19)26-23(24(28)27-21)20-9-5-6-10-20;26-17-10-6-14(7-11-17)12-18-22(27)25-13-19(15-4-2-1-3-5-15)23-20(16-8-9-16)21(25)24-18/h2-4,7-8,11-14,16,20,29H,5-6,9-10,15H2,1H3;1-7,10-11,13,16,26-27H,8-9,12H2. The fourth-order valence-electron chi connectivity index (χ4n) is 7.75. The predicted octanol–water partition coefficient (Wildman–Crippen LogP) is 9.93. The Bertz CT molecular complexity index is 2620. The maximum atomic E-state index is 11.0. The highest BCUT2D eigenvalue weighted by atomic mass is 16.3. The van der Waals surface area contributed by atoms with E-state index in [1.165, 1.54) is 18.4 Å². The Kier molecular flexibility index (Phi) is 9.43. The maximum Gasteiger partial charge on any atom is 0.219 e. The van der Waals surface area contributed by atoms with Crippen molar-refractivity contribution in [1.82, 2.24) is 28.7 Å². The molecule has 280 valence electrons. The number of rotatable bonds is 8. The highest BCUT2D eigenvalue weighted by Crippen LogP contribution is 2.43. The highest BCUT2D eigenvalue weighted by molar-refractivity contribution is 5.65. The SMILES string of the molecule is Cc1ccc(Cc2nc3c(C4CCCC4)nc(-c4ccccc4)cn3c2O)cc1.Oc1ccc(Cc2nc3c(C4CC4)nc(-c4ccccc4)cn3c2O)cc1. The third-order valence-electron chi connectivity index (χ3n) is 11.0. The van der Waals surface area contributed by atoms with E-state index in [-0.39, 0.29) is 17.5 Å². The minimum Gasteiger partial charge on any atom is -0.508 e. The van der Waals surface area contributed by atoms with E-state index in [2.05, 4.69) is 43.3 Å². The van der Waals surface area contributed by atoms with E-state index in [9.17, 15) is 15.3 Å². The second-order valence-corrected chi connectivity index (χ2v) is 15.2. The van der Waals surface area contributed by atoms with Crippen molar-refractivity contribution in [2.45, 2.75) is 70.1 Å². The van der Waals surface area contributed by atoms with Gasteiger partial charge in [0.2, 0.25) is 11.8 Å². The first kappa shape index (κ1) is 35.2. The largest absolute Gasteiger partial charge is 0.508 e. The van der Waals surface area contributed by atoms with Gasteiger partial charge < -0.3 is 15.3 Å². The molecule has 0 unspecified atom stereocenters. The first-order valence-electron chi connectivity index (χ1n) is 19.5. The Hall–Kier alpha value is -6.48. The number of aromatic nitrogens is 6. The van der Waals surface area contributed by atoms with Crippen LogP contribution in [0.15, 0.2) is 122 Å². The normalized spacial score (nSPS) is 14.3. The quantitative estimate of drug-likeness (QED) is 0.142. The van der Waals surface area contributed by atoms with Crippen LogP contribution in [0, 0.1) is 6.92 Å². The Labute approximate surface area is 325 Å². The molecule has 2 fully saturated rings. The zero-order chi connectivity index (χ0) is 38.2. The van der Waals surface area contributed by atoms with Crippen LogP contribution in [-0.4, -0.2) is 44.1 Å². The molecular weight excluding hydrogens is 697 g/mol. The number of imidazole rings is 2. The van der Waals surface area contributed by atoms with Gasteiger partial charge in [0.25, 0.3) is 0 Å². The highest BCUT2D eigenvalue weighted by Gasteiger charge is 2.30. The number of benzene rings is 4. The van der Waals surface area contributed by atoms with Crippen molar-refractivity contribution in [1.29, 1.82) is 0 Å². The molecule has 2 aliphatic rings. The lowest BCUT2D eigenvalue weighted by atomic mass is 10.0. The molecule has 4 heterocycles. The van der Waals surface area contributed by atoms with Crippen LogP contribution in [0.2, 0.25) is 0 Å². The molecule has 0 bridgehead atoms. The number of hydrogen-bond donors (Lipinski definition) is 3. The van der Waals surface area contributed by atoms with E-state index in [0.29, 0.717) is 36.1 Å². The first-order chi connectivity index (χ1) is 27.4. The molecule has 3 N–H and O–H groups in total. The van der Waals surface area contributed by atoms with Crippen molar-refractivity contribution in [3.63, 3.8) is 0 Å². The van der Waals surface area contributed by atoms with Gasteiger partial charge in [-0.15, -0.1) is 0 Å². The number of phenols is 1. The smallest absolute Gasteiger partial charge is 0.219 e. The monoisotopic (exact) mass is 740 g/mol. The van der Waals surface area contributed by atoms with Crippen LogP contribution < -0.4 is 0 Å². The minimum absolute atomic E-state index is 0.152. The Morgan fingerprint density at radius 1 is 0.518 bits per heavy atom. The van der Waals surface area contributed by atoms with Gasteiger partial charge in [-0.1, -0.05) is 115 Å². The van der Waals surface area contributed by atoms with Crippen LogP contribution in [0.1, 0.15) is 89.8 Å². The first-order valence-corrected chi connectivity index (χ1v) is 19.5. The van der Waals surface area contributed by atoms with Gasteiger partial charge in [0.1, 0.15) is 17.1 Å². The van der Waals surface area contributed by atoms with Gasteiger partial charge >= 0.3 is 0 Å². The third kappa shape index (κ3) is 7.20. The topological polar surface area (TPSA) is 121 Å². The summed E-state index contributed by atoms with van der Waals surface area (Å²) in [6.07, 6.45) is 11.9. The van der Waals surface area contributed by atoms with Crippen LogP contribution in [0.4, 0.5) is 0 Å². The molecule has 2 aliphatic carbocycles. The van der Waals surface area contributed by atoms with Gasteiger partial charge in [-0.2, -0.15) is 0 Å². The van der Waals surface area contributed by atoms with Crippen LogP contribution in [0.3, 0.4) is 0 Å². The molecule has 10 rings (SSSR count). The molecule has 8 aromatic rings. The zero-order valence-electron chi connectivity index (χ0n) is 31.4. The van der Waals surface area contributed by atoms with Gasteiger partial charge in [0.15, 0.2) is 11.3 Å². The lowest BCUT2D eigenvalue weighted by molar-refractivity contribution is 0.441. The molecule has 0 saturated heterocycles. The van der Waals surface area contributed by atoms with E-state index in [0.717, 1.165) is 82.0 Å². The summed E-state index contributed by atoms with van der Waals surface area (Å²) in [5.74, 6) is 1.43. The predicted molar refractivity (Wildman–Crippen MR) is 218 cm³/mol. The van der Waals surface area contributed by atoms with Crippen molar-refractivity contribution < 1.29 is 15.3 Å². The summed E-state index contributed by atoms with van der Waals surface area (Å²) < 4.78 is 3.60. The Morgan fingerprint density at radius 3 is 1.39 bits per heavy atom. The summed E-state index contributed by atoms with van der Waals surface area (Å²) in [5.41, 5.74) is 12.0. The molecule has 0 radical (unpaired) electrons. The van der Waals surface area contributed by atoms with Crippen molar-refractivity contribution in [2.75, 3.05) is 0 Å². The Morgan fingerprint density at radius 2 is 0.946 bits per heavy atom. The van der Waals surface area contributed by atoms with Crippen LogP contribution in [0.5, 0.6) is 17.5 Å². The van der Waals surface area contributed by atoms with Crippen LogP contribution in [0.25, 0.3) is 33.8 Å². The number of nitrogens with zero attached hydrogens (tertiary/aromatic N) is 6. The maximum absolute atomic E-state index is 11.0. The summed E-state index contributed by atoms with van der Waals surface area (Å²) >= 11 is 0. The number of phenolic OH excluding ortho intramolecular Hbond substituents is 1. The molecular formula is C47H44N6O3. The molecule has 0 aliphatic heterocycles. The zero-order valence-corrected chi connectivity index (χ0v) is 31.4. The molecule has 2 saturated carbocycles. The van der Waals surface area contributed by atoms with Crippen molar-refractivity contribution in [3.8, 4) is 40.0 Å². The molecule has 0 spiro atoms. The van der Waals surface area contributed by atoms with E-state index < -0.39 is 0 Å². The summed E-state index contributed by atoms with van der Waals surface area (Å²) in [5, 5.41) is 31.3. The number of hydrogen-bond acceptors (Lipinski definition) is 7. The molecule has 0 atom stereocenters. The molecule has 4 aromatic carbocycles. The van der Waals surface area contributed by atoms with E-state index in [1.807, 2.05) is 77.5 Å². The van der Waals surface area contributed by atoms with Gasteiger partial charge in [-0.05, 0) is 55.9 Å². The molecule has 9 heteroatoms. The fourth-order valence-corrected chi connectivity index (χ4v) is 7.75. The molecule has 9 nitrogen and oxygen atoms in total. The second-order valence-electron chi connectivity index (χ2n) is 15.2. The number of fused-ring (bicyclic) bond motifs is 2. The summed E-state index contributed by atoms with van der Waals surface area (Å²) in [4.78, 5) is 19.5. The van der Waals surface area contributed by atoms with Gasteiger partial charge in [0.05, 0.1) is 22.8 Å².